The lowest BCUT2D eigenvalue weighted by Gasteiger charge is -2.30. The van der Waals surface area contributed by atoms with Crippen molar-refractivity contribution in [1.29, 1.82) is 0 Å². The van der Waals surface area contributed by atoms with Crippen LogP contribution in [0.15, 0.2) is 0 Å². The molecule has 0 rings (SSSR count). The fourth-order valence-corrected chi connectivity index (χ4v) is 2.03. The fraction of sp³-hybridized carbons (Fsp3) is 1.00. The van der Waals surface area contributed by atoms with Crippen LogP contribution in [0.2, 0.25) is 0 Å². The summed E-state index contributed by atoms with van der Waals surface area (Å²) in [5.41, 5.74) is 0. The highest BCUT2D eigenvalue weighted by atomic mass is 79.9. The molecule has 0 aromatic carbocycles. The summed E-state index contributed by atoms with van der Waals surface area (Å²) < 4.78 is 0.972. The third-order valence-corrected chi connectivity index (χ3v) is 4.16. The van der Waals surface area contributed by atoms with Crippen LogP contribution in [-0.4, -0.2) is 31.0 Å². The van der Waals surface area contributed by atoms with Crippen molar-refractivity contribution in [3.05, 3.63) is 0 Å². The van der Waals surface area contributed by atoms with E-state index in [1.807, 2.05) is 0 Å². The number of halogens is 1. The molecule has 106 valence electrons. The third-order valence-electron chi connectivity index (χ3n) is 3.21. The second-order valence-corrected chi connectivity index (χ2v) is 6.46. The van der Waals surface area contributed by atoms with Gasteiger partial charge in [0.15, 0.2) is 0 Å². The van der Waals surface area contributed by atoms with Gasteiger partial charge in [-0.25, -0.2) is 0 Å². The third kappa shape index (κ3) is 13.0. The van der Waals surface area contributed by atoms with Crippen molar-refractivity contribution in [2.75, 3.05) is 21.1 Å². The molecule has 0 aliphatic carbocycles. The summed E-state index contributed by atoms with van der Waals surface area (Å²) in [6, 6.07) is 0. The molecule has 0 bridgehead atoms. The molecule has 1 nitrogen and oxygen atoms in total. The Morgan fingerprint density at radius 3 is 1.65 bits per heavy atom. The fourth-order valence-electron chi connectivity index (χ4n) is 1.85. The van der Waals surface area contributed by atoms with E-state index in [1.54, 1.807) is 0 Å². The standard InChI is InChI=1S/C14H31NS.BrH/c1-5-6-7-8-9-10-11-12-13-14(16)15(2,3)4;/h14H,5-13H2,1-4H3;1H. The maximum absolute atomic E-state index is 4.65. The van der Waals surface area contributed by atoms with Gasteiger partial charge in [-0.05, 0) is 6.42 Å². The maximum Gasteiger partial charge on any atom is 0.132 e. The highest BCUT2D eigenvalue weighted by Gasteiger charge is 2.17. The molecule has 0 fully saturated rings. The van der Waals surface area contributed by atoms with E-state index >= 15 is 0 Å². The van der Waals surface area contributed by atoms with Crippen LogP contribution in [0.25, 0.3) is 0 Å². The summed E-state index contributed by atoms with van der Waals surface area (Å²) in [6.45, 7) is 2.28. The highest BCUT2D eigenvalue weighted by molar-refractivity contribution is 7.80. The van der Waals surface area contributed by atoms with Crippen molar-refractivity contribution >= 4 is 12.6 Å². The van der Waals surface area contributed by atoms with E-state index in [0.717, 1.165) is 4.48 Å². The largest absolute Gasteiger partial charge is 1.00 e. The molecule has 1 unspecified atom stereocenters. The number of unbranched alkanes of at least 4 members (excludes halogenated alkanes) is 7. The van der Waals surface area contributed by atoms with Gasteiger partial charge < -0.3 is 21.5 Å². The van der Waals surface area contributed by atoms with Crippen LogP contribution in [-0.2, 0) is 0 Å². The molecule has 1 atom stereocenters. The first-order valence-corrected chi connectivity index (χ1v) is 7.49. The molecule has 0 N–H and O–H groups in total. The smallest absolute Gasteiger partial charge is 0.132 e. The number of thiol groups is 1. The van der Waals surface area contributed by atoms with Crippen LogP contribution in [0, 0.1) is 0 Å². The number of nitrogens with zero attached hydrogens (tertiary/aromatic N) is 1. The zero-order chi connectivity index (χ0) is 12.4. The van der Waals surface area contributed by atoms with Gasteiger partial charge in [-0.1, -0.05) is 51.9 Å². The van der Waals surface area contributed by atoms with E-state index in [-0.39, 0.29) is 17.0 Å². The van der Waals surface area contributed by atoms with E-state index in [1.165, 1.54) is 57.8 Å². The van der Waals surface area contributed by atoms with Crippen molar-refractivity contribution in [3.8, 4) is 0 Å². The number of hydrogen-bond acceptors (Lipinski definition) is 1. The Bertz CT molecular complexity index is 157. The first kappa shape index (κ1) is 20.1. The molecule has 0 aromatic rings. The van der Waals surface area contributed by atoms with Crippen molar-refractivity contribution < 1.29 is 21.5 Å². The first-order chi connectivity index (χ1) is 7.48. The molecule has 0 amide bonds. The first-order valence-electron chi connectivity index (χ1n) is 6.97. The predicted octanol–water partition coefficient (Wildman–Crippen LogP) is 1.48. The Labute approximate surface area is 125 Å². The van der Waals surface area contributed by atoms with E-state index in [2.05, 4.69) is 40.7 Å². The van der Waals surface area contributed by atoms with Gasteiger partial charge in [0.05, 0.1) is 21.1 Å². The van der Waals surface area contributed by atoms with Crippen molar-refractivity contribution in [2.24, 2.45) is 0 Å². The Morgan fingerprint density at radius 1 is 0.824 bits per heavy atom. The van der Waals surface area contributed by atoms with E-state index in [4.69, 9.17) is 0 Å². The normalized spacial score (nSPS) is 13.2. The SMILES string of the molecule is CCCCCCCCCCC(S)[N+](C)(C)C.[Br-]. The van der Waals surface area contributed by atoms with Crippen LogP contribution < -0.4 is 17.0 Å². The molecule has 0 heterocycles. The van der Waals surface area contributed by atoms with Crippen molar-refractivity contribution in [2.45, 2.75) is 70.1 Å². The van der Waals surface area contributed by atoms with Gasteiger partial charge in [-0.3, -0.25) is 0 Å². The van der Waals surface area contributed by atoms with Crippen LogP contribution in [0.3, 0.4) is 0 Å². The molecule has 0 aromatic heterocycles. The number of rotatable bonds is 10. The molecular weight excluding hydrogens is 294 g/mol. The molecule has 17 heavy (non-hydrogen) atoms. The van der Waals surface area contributed by atoms with E-state index in [9.17, 15) is 0 Å². The van der Waals surface area contributed by atoms with Gasteiger partial charge in [0.25, 0.3) is 0 Å². The monoisotopic (exact) mass is 325 g/mol. The summed E-state index contributed by atoms with van der Waals surface area (Å²) in [5.74, 6) is 0. The van der Waals surface area contributed by atoms with Gasteiger partial charge in [0.1, 0.15) is 5.37 Å². The zero-order valence-corrected chi connectivity index (χ0v) is 14.7. The lowest BCUT2D eigenvalue weighted by atomic mass is 10.1. The van der Waals surface area contributed by atoms with Gasteiger partial charge in [-0.2, -0.15) is 0 Å². The van der Waals surface area contributed by atoms with Gasteiger partial charge in [-0.15, -0.1) is 12.6 Å². The molecule has 0 saturated heterocycles. The van der Waals surface area contributed by atoms with Crippen LogP contribution in [0.1, 0.15) is 64.7 Å². The molecule has 3 heteroatoms. The lowest BCUT2D eigenvalue weighted by molar-refractivity contribution is -0.880. The summed E-state index contributed by atoms with van der Waals surface area (Å²) >= 11 is 4.65. The maximum atomic E-state index is 4.65. The molecule has 0 spiro atoms. The summed E-state index contributed by atoms with van der Waals surface area (Å²) in [4.78, 5) is 0. The Hall–Kier alpha value is 0.790. The van der Waals surface area contributed by atoms with Crippen LogP contribution in [0.4, 0.5) is 0 Å². The summed E-state index contributed by atoms with van der Waals surface area (Å²) in [5, 5.41) is 0.500. The van der Waals surface area contributed by atoms with Gasteiger partial charge in [0, 0.05) is 6.42 Å². The average molecular weight is 326 g/mol. The number of hydrogen-bond donors (Lipinski definition) is 1. The topological polar surface area (TPSA) is 0 Å². The zero-order valence-electron chi connectivity index (χ0n) is 12.2. The molecule has 0 radical (unpaired) electrons. The highest BCUT2D eigenvalue weighted by Crippen LogP contribution is 2.16. The molecular formula is C14H32BrNS. The second-order valence-electron chi connectivity index (χ2n) is 5.86. The second kappa shape index (κ2) is 11.9. The van der Waals surface area contributed by atoms with Crippen molar-refractivity contribution in [1.82, 2.24) is 0 Å². The average Bonchev–Trinajstić information content (AvgIpc) is 2.20. The minimum absolute atomic E-state index is 0. The van der Waals surface area contributed by atoms with E-state index in [0.29, 0.717) is 5.37 Å². The van der Waals surface area contributed by atoms with Crippen LogP contribution >= 0.6 is 12.6 Å². The van der Waals surface area contributed by atoms with Gasteiger partial charge in [0.2, 0.25) is 0 Å². The predicted molar refractivity (Wildman–Crippen MR) is 78.0 cm³/mol. The Kier molecular flexibility index (Phi) is 14.0. The minimum Gasteiger partial charge on any atom is -1.00 e. The molecule has 0 saturated carbocycles. The quantitative estimate of drug-likeness (QED) is 0.267. The van der Waals surface area contributed by atoms with Gasteiger partial charge >= 0.3 is 0 Å². The van der Waals surface area contributed by atoms with Crippen LogP contribution in [0.5, 0.6) is 0 Å². The molecule has 0 aliphatic rings. The summed E-state index contributed by atoms with van der Waals surface area (Å²) in [6.07, 6.45) is 12.5. The van der Waals surface area contributed by atoms with E-state index < -0.39 is 0 Å². The minimum atomic E-state index is 0. The lowest BCUT2D eigenvalue weighted by Crippen LogP contribution is -3.00. The molecule has 0 aliphatic heterocycles. The Balaban J connectivity index is 0. The summed E-state index contributed by atoms with van der Waals surface area (Å²) in [7, 11) is 6.67. The number of quaternary nitrogens is 1. The Morgan fingerprint density at radius 2 is 1.24 bits per heavy atom. The van der Waals surface area contributed by atoms with Crippen molar-refractivity contribution in [3.63, 3.8) is 0 Å².